The van der Waals surface area contributed by atoms with Crippen LogP contribution in [0.4, 0.5) is 14.9 Å². The molecule has 2 saturated heterocycles. The first-order chi connectivity index (χ1) is 12.4. The summed E-state index contributed by atoms with van der Waals surface area (Å²) in [5.74, 6) is 0.212. The molecule has 2 heterocycles. The first kappa shape index (κ1) is 19.1. The van der Waals surface area contributed by atoms with Crippen LogP contribution in [0.3, 0.4) is 0 Å². The minimum atomic E-state index is -0.832. The van der Waals surface area contributed by atoms with Gasteiger partial charge in [0, 0.05) is 40.9 Å². The number of hydrogen-bond donors (Lipinski definition) is 1. The third-order valence-corrected chi connectivity index (χ3v) is 7.21. The molecule has 3 unspecified atom stereocenters. The number of nitrogens with zero attached hydrogens (tertiary/aromatic N) is 1. The van der Waals surface area contributed by atoms with Gasteiger partial charge in [0.2, 0.25) is 0 Å². The summed E-state index contributed by atoms with van der Waals surface area (Å²) in [5, 5.41) is 3.04. The van der Waals surface area contributed by atoms with Crippen molar-refractivity contribution in [2.45, 2.75) is 50.0 Å². The average Bonchev–Trinajstić information content (AvgIpc) is 2.81. The zero-order valence-electron chi connectivity index (χ0n) is 15.4. The number of hydrogen-bond acceptors (Lipinski definition) is 3. The smallest absolute Gasteiger partial charge is 0.321 e. The SMILES string of the molecule is CC(C)CCOc1ccc(NC(=O)N2CCC3CCC(C2)S3=O)cc1F. The molecule has 3 atom stereocenters. The molecule has 0 radical (unpaired) electrons. The Bertz CT molecular complexity index is 683. The number of likely N-dealkylation sites (tertiary alicyclic amines) is 1. The van der Waals surface area contributed by atoms with Crippen molar-refractivity contribution < 1.29 is 18.1 Å². The maximum absolute atomic E-state index is 14.2. The van der Waals surface area contributed by atoms with Crippen LogP contribution in [-0.4, -0.2) is 45.3 Å². The van der Waals surface area contributed by atoms with Crippen LogP contribution in [-0.2, 0) is 10.8 Å². The highest BCUT2D eigenvalue weighted by molar-refractivity contribution is 7.86. The average molecular weight is 383 g/mol. The van der Waals surface area contributed by atoms with Crippen molar-refractivity contribution in [3.63, 3.8) is 0 Å². The Morgan fingerprint density at radius 3 is 2.85 bits per heavy atom. The number of ether oxygens (including phenoxy) is 1. The van der Waals surface area contributed by atoms with E-state index in [0.717, 1.165) is 25.7 Å². The van der Waals surface area contributed by atoms with Crippen LogP contribution < -0.4 is 10.1 Å². The van der Waals surface area contributed by atoms with E-state index in [4.69, 9.17) is 4.74 Å². The number of urea groups is 1. The number of anilines is 1. The molecule has 0 aromatic heterocycles. The second-order valence-electron chi connectivity index (χ2n) is 7.49. The van der Waals surface area contributed by atoms with Crippen LogP contribution >= 0.6 is 0 Å². The maximum Gasteiger partial charge on any atom is 0.321 e. The van der Waals surface area contributed by atoms with Gasteiger partial charge in [-0.05, 0) is 43.7 Å². The van der Waals surface area contributed by atoms with E-state index in [2.05, 4.69) is 19.2 Å². The number of halogens is 1. The summed E-state index contributed by atoms with van der Waals surface area (Å²) < 4.78 is 31.9. The number of amides is 2. The lowest BCUT2D eigenvalue weighted by molar-refractivity contribution is 0.209. The molecular weight excluding hydrogens is 355 g/mol. The zero-order valence-corrected chi connectivity index (χ0v) is 16.2. The molecule has 0 aliphatic carbocycles. The number of carbonyl (C=O) groups is 1. The summed E-state index contributed by atoms with van der Waals surface area (Å²) in [7, 11) is -0.832. The molecular formula is C19H27FN2O3S. The van der Waals surface area contributed by atoms with Gasteiger partial charge >= 0.3 is 6.03 Å². The summed E-state index contributed by atoms with van der Waals surface area (Å²) >= 11 is 0. The van der Waals surface area contributed by atoms with Gasteiger partial charge in [-0.15, -0.1) is 0 Å². The third kappa shape index (κ3) is 4.55. The lowest BCUT2D eigenvalue weighted by Gasteiger charge is -2.24. The Kier molecular flexibility index (Phi) is 6.16. The molecule has 26 heavy (non-hydrogen) atoms. The number of rotatable bonds is 5. The van der Waals surface area contributed by atoms with E-state index in [1.165, 1.54) is 6.07 Å². The molecule has 144 valence electrons. The molecule has 2 bridgehead atoms. The number of nitrogens with one attached hydrogen (secondary N) is 1. The predicted molar refractivity (Wildman–Crippen MR) is 102 cm³/mol. The number of fused-ring (bicyclic) bond motifs is 2. The molecule has 7 heteroatoms. The largest absolute Gasteiger partial charge is 0.491 e. The van der Waals surface area contributed by atoms with Crippen LogP contribution in [0.15, 0.2) is 18.2 Å². The predicted octanol–water partition coefficient (Wildman–Crippen LogP) is 3.77. The Morgan fingerprint density at radius 2 is 2.12 bits per heavy atom. The van der Waals surface area contributed by atoms with E-state index < -0.39 is 16.6 Å². The van der Waals surface area contributed by atoms with E-state index in [9.17, 15) is 13.4 Å². The Hall–Kier alpha value is -1.63. The summed E-state index contributed by atoms with van der Waals surface area (Å²) in [4.78, 5) is 14.2. The minimum absolute atomic E-state index is 0.0710. The van der Waals surface area contributed by atoms with Gasteiger partial charge < -0.3 is 15.0 Å². The van der Waals surface area contributed by atoms with Crippen molar-refractivity contribution in [3.05, 3.63) is 24.0 Å². The monoisotopic (exact) mass is 382 g/mol. The number of carbonyl (C=O) groups excluding carboxylic acids is 1. The lowest BCUT2D eigenvalue weighted by atomic mass is 10.1. The molecule has 2 aliphatic heterocycles. The van der Waals surface area contributed by atoms with Crippen molar-refractivity contribution in [2.75, 3.05) is 25.0 Å². The molecule has 1 N–H and O–H groups in total. The molecule has 1 aromatic carbocycles. The first-order valence-electron chi connectivity index (χ1n) is 9.31. The van der Waals surface area contributed by atoms with Crippen LogP contribution in [0.25, 0.3) is 0 Å². The van der Waals surface area contributed by atoms with E-state index in [1.807, 2.05) is 0 Å². The molecule has 5 nitrogen and oxygen atoms in total. The minimum Gasteiger partial charge on any atom is -0.491 e. The van der Waals surface area contributed by atoms with Gasteiger partial charge in [-0.1, -0.05) is 13.8 Å². The molecule has 2 fully saturated rings. The second-order valence-corrected chi connectivity index (χ2v) is 9.48. The van der Waals surface area contributed by atoms with E-state index >= 15 is 0 Å². The Balaban J connectivity index is 1.57. The van der Waals surface area contributed by atoms with Crippen molar-refractivity contribution >= 4 is 22.5 Å². The van der Waals surface area contributed by atoms with Crippen molar-refractivity contribution in [1.29, 1.82) is 0 Å². The normalized spacial score (nSPS) is 25.2. The Labute approximate surface area is 156 Å². The van der Waals surface area contributed by atoms with Gasteiger partial charge in [0.05, 0.1) is 11.9 Å². The molecule has 0 spiro atoms. The van der Waals surface area contributed by atoms with Crippen molar-refractivity contribution in [3.8, 4) is 5.75 Å². The fourth-order valence-electron chi connectivity index (χ4n) is 3.43. The highest BCUT2D eigenvalue weighted by Crippen LogP contribution is 2.30. The van der Waals surface area contributed by atoms with Crippen LogP contribution in [0.2, 0.25) is 0 Å². The summed E-state index contributed by atoms with van der Waals surface area (Å²) in [5.41, 5.74) is 0.402. The highest BCUT2D eigenvalue weighted by Gasteiger charge is 2.38. The highest BCUT2D eigenvalue weighted by atomic mass is 32.2. The molecule has 2 aliphatic rings. The molecule has 1 aromatic rings. The maximum atomic E-state index is 14.2. The van der Waals surface area contributed by atoms with Crippen molar-refractivity contribution in [1.82, 2.24) is 4.90 Å². The van der Waals surface area contributed by atoms with Gasteiger partial charge in [-0.25, -0.2) is 9.18 Å². The standard InChI is InChI=1S/C19H27FN2O3S/c1-13(2)8-10-25-18-6-3-14(11-17(18)20)21-19(23)22-9-7-15-4-5-16(12-22)26(15)24/h3,6,11,13,15-16H,4-5,7-10,12H2,1-2H3,(H,21,23). The molecule has 2 amide bonds. The summed E-state index contributed by atoms with van der Waals surface area (Å²) in [6.45, 7) is 5.74. The molecule has 0 saturated carbocycles. The van der Waals surface area contributed by atoms with Gasteiger partial charge in [0.25, 0.3) is 0 Å². The van der Waals surface area contributed by atoms with Gasteiger partial charge in [-0.2, -0.15) is 0 Å². The summed E-state index contributed by atoms with van der Waals surface area (Å²) in [6.07, 6.45) is 3.54. The summed E-state index contributed by atoms with van der Waals surface area (Å²) in [6, 6.07) is 4.21. The number of benzene rings is 1. The van der Waals surface area contributed by atoms with E-state index in [1.54, 1.807) is 17.0 Å². The van der Waals surface area contributed by atoms with Gasteiger partial charge in [0.15, 0.2) is 11.6 Å². The van der Waals surface area contributed by atoms with Crippen molar-refractivity contribution in [2.24, 2.45) is 5.92 Å². The fraction of sp³-hybridized carbons (Fsp3) is 0.632. The fourth-order valence-corrected chi connectivity index (χ4v) is 5.37. The Morgan fingerprint density at radius 1 is 1.35 bits per heavy atom. The van der Waals surface area contributed by atoms with E-state index in [0.29, 0.717) is 31.3 Å². The second kappa shape index (κ2) is 8.37. The van der Waals surface area contributed by atoms with E-state index in [-0.39, 0.29) is 22.3 Å². The topological polar surface area (TPSA) is 58.6 Å². The lowest BCUT2D eigenvalue weighted by Crippen LogP contribution is -2.40. The first-order valence-corrected chi connectivity index (χ1v) is 10.6. The van der Waals surface area contributed by atoms with Crippen LogP contribution in [0, 0.1) is 11.7 Å². The van der Waals surface area contributed by atoms with Crippen LogP contribution in [0.1, 0.15) is 39.5 Å². The zero-order chi connectivity index (χ0) is 18.7. The quantitative estimate of drug-likeness (QED) is 0.843. The van der Waals surface area contributed by atoms with Gasteiger partial charge in [0.1, 0.15) is 0 Å². The molecule has 3 rings (SSSR count). The van der Waals surface area contributed by atoms with Crippen LogP contribution in [0.5, 0.6) is 5.75 Å². The van der Waals surface area contributed by atoms with Gasteiger partial charge in [-0.3, -0.25) is 4.21 Å². The third-order valence-electron chi connectivity index (χ3n) is 5.04.